The number of aromatic nitrogens is 3. The lowest BCUT2D eigenvalue weighted by Crippen LogP contribution is -2.40. The van der Waals surface area contributed by atoms with Crippen molar-refractivity contribution in [3.8, 4) is 0 Å². The summed E-state index contributed by atoms with van der Waals surface area (Å²) >= 11 is 5.25. The molecule has 5 N–H and O–H groups in total. The number of halogens is 1. The summed E-state index contributed by atoms with van der Waals surface area (Å²) in [4.78, 5) is 28.1. The Labute approximate surface area is 199 Å². The summed E-state index contributed by atoms with van der Waals surface area (Å²) in [5.74, 6) is -1.07. The number of nitrogens with one attached hydrogen (secondary N) is 1. The predicted octanol–water partition coefficient (Wildman–Crippen LogP) is 1.93. The largest absolute Gasteiger partial charge is 0.388 e. The van der Waals surface area contributed by atoms with Gasteiger partial charge in [-0.1, -0.05) is 26.1 Å². The van der Waals surface area contributed by atoms with E-state index >= 15 is 0 Å². The van der Waals surface area contributed by atoms with Crippen molar-refractivity contribution in [2.75, 3.05) is 0 Å². The number of aliphatic hydroxyl groups is 3. The summed E-state index contributed by atoms with van der Waals surface area (Å²) in [6, 6.07) is 0. The van der Waals surface area contributed by atoms with Crippen molar-refractivity contribution >= 4 is 25.6 Å². The van der Waals surface area contributed by atoms with Crippen LogP contribution in [0.1, 0.15) is 58.6 Å². The molecule has 0 saturated carbocycles. The van der Waals surface area contributed by atoms with Gasteiger partial charge in [-0.15, -0.1) is 0 Å². The molecule has 0 spiro atoms. The normalized spacial score (nSPS) is 28.4. The monoisotopic (exact) mass is 521 g/mol. The maximum Gasteiger partial charge on any atom is 0.359 e. The molecule has 0 amide bonds. The lowest BCUT2D eigenvalue weighted by Gasteiger charge is -2.37. The molecule has 1 aliphatic heterocycles. The first-order valence-corrected chi connectivity index (χ1v) is 12.7. The quantitative estimate of drug-likeness (QED) is 0.256. The summed E-state index contributed by atoms with van der Waals surface area (Å²) in [5.41, 5.74) is -2.09. The molecule has 1 fully saturated rings. The molecule has 3 heterocycles. The Morgan fingerprint density at radius 3 is 2.53 bits per heavy atom. The van der Waals surface area contributed by atoms with Crippen molar-refractivity contribution in [1.29, 1.82) is 0 Å². The smallest absolute Gasteiger partial charge is 0.359 e. The van der Waals surface area contributed by atoms with E-state index in [-0.39, 0.29) is 35.2 Å². The third-order valence-corrected chi connectivity index (χ3v) is 8.89. The lowest BCUT2D eigenvalue weighted by atomic mass is 9.92. The number of rotatable bonds is 8. The highest BCUT2D eigenvalue weighted by Gasteiger charge is 2.50. The Balaban J connectivity index is 1.89. The van der Waals surface area contributed by atoms with E-state index in [4.69, 9.17) is 21.5 Å². The zero-order valence-electron chi connectivity index (χ0n) is 19.1. The first kappa shape index (κ1) is 27.0. The fourth-order valence-electron chi connectivity index (χ4n) is 3.66. The van der Waals surface area contributed by atoms with Gasteiger partial charge < -0.3 is 29.5 Å². The van der Waals surface area contributed by atoms with Crippen LogP contribution in [0, 0.1) is 10.5 Å². The van der Waals surface area contributed by atoms with Gasteiger partial charge in [0.1, 0.15) is 23.0 Å². The molecule has 0 aliphatic carbocycles. The van der Waals surface area contributed by atoms with Gasteiger partial charge in [-0.2, -0.15) is 4.39 Å². The van der Waals surface area contributed by atoms with E-state index in [1.54, 1.807) is 20.8 Å². The third kappa shape index (κ3) is 5.02. The molecular formula is C20H29FN3O8PS. The van der Waals surface area contributed by atoms with Gasteiger partial charge in [0.25, 0.3) is 5.56 Å². The molecule has 0 bridgehead atoms. The molecule has 2 aromatic heterocycles. The van der Waals surface area contributed by atoms with Crippen molar-refractivity contribution in [3.63, 3.8) is 0 Å². The molecule has 0 aromatic carbocycles. The lowest BCUT2D eigenvalue weighted by molar-refractivity contribution is -0.0532. The molecule has 190 valence electrons. The highest BCUT2D eigenvalue weighted by molar-refractivity contribution is 7.71. The van der Waals surface area contributed by atoms with E-state index in [0.717, 1.165) is 6.20 Å². The average molecular weight is 522 g/mol. The van der Waals surface area contributed by atoms with Crippen LogP contribution < -0.4 is 5.56 Å². The molecule has 3 rings (SSSR count). The maximum absolute atomic E-state index is 13.7. The van der Waals surface area contributed by atoms with Crippen molar-refractivity contribution in [2.24, 2.45) is 0 Å². The SMILES string of the molecule is CCC(C)(CC1OC(c2cn3cc(F)c(=O)[nH]c3nc2=S)C(O)C1O)OP(=O)(O)C(C)(O)CC. The Kier molecular flexibility index (Phi) is 7.53. The third-order valence-electron chi connectivity index (χ3n) is 6.34. The molecule has 1 saturated heterocycles. The number of aromatic amines is 1. The van der Waals surface area contributed by atoms with Crippen LogP contribution in [0.25, 0.3) is 5.78 Å². The molecule has 34 heavy (non-hydrogen) atoms. The van der Waals surface area contributed by atoms with E-state index < -0.39 is 54.3 Å². The van der Waals surface area contributed by atoms with Crippen LogP contribution in [-0.4, -0.2) is 63.8 Å². The molecule has 14 heteroatoms. The summed E-state index contributed by atoms with van der Waals surface area (Å²) in [7, 11) is -4.48. The van der Waals surface area contributed by atoms with Crippen LogP contribution in [0.15, 0.2) is 17.2 Å². The first-order chi connectivity index (χ1) is 15.6. The number of nitrogens with zero attached hydrogens (tertiary/aromatic N) is 2. The summed E-state index contributed by atoms with van der Waals surface area (Å²) in [5, 5.41) is 29.6. The number of hydrogen-bond acceptors (Lipinski definition) is 9. The van der Waals surface area contributed by atoms with Crippen LogP contribution in [0.4, 0.5) is 4.39 Å². The first-order valence-electron chi connectivity index (χ1n) is 10.7. The van der Waals surface area contributed by atoms with Crippen molar-refractivity contribution in [2.45, 2.75) is 82.3 Å². The minimum atomic E-state index is -4.48. The van der Waals surface area contributed by atoms with Crippen LogP contribution in [-0.2, 0) is 13.8 Å². The van der Waals surface area contributed by atoms with Gasteiger partial charge in [-0.05, 0) is 26.7 Å². The van der Waals surface area contributed by atoms with Gasteiger partial charge in [0, 0.05) is 18.2 Å². The van der Waals surface area contributed by atoms with E-state index in [9.17, 15) is 34.0 Å². The van der Waals surface area contributed by atoms with E-state index in [1.165, 1.54) is 17.5 Å². The van der Waals surface area contributed by atoms with Crippen molar-refractivity contribution in [3.05, 3.63) is 38.8 Å². The Morgan fingerprint density at radius 2 is 1.94 bits per heavy atom. The molecule has 1 aliphatic rings. The number of ether oxygens (including phenoxy) is 1. The van der Waals surface area contributed by atoms with Gasteiger partial charge in [0.05, 0.1) is 17.9 Å². The second-order valence-electron chi connectivity index (χ2n) is 8.93. The molecule has 11 nitrogen and oxygen atoms in total. The van der Waals surface area contributed by atoms with Crippen LogP contribution in [0.2, 0.25) is 0 Å². The standard InChI is InChI=1S/C20H29FN3O8PS/c1-5-19(3,32-33(29,30)20(4,28)6-2)7-12-13(25)14(26)15(31-12)10-8-24-9-11(21)16(27)22-18(24)23-17(10)34/h8-9,12-15,25-26,28H,5-7H2,1-4H3,(H,29,30)(H,22,23,27,34). The average Bonchev–Trinajstić information content (AvgIpc) is 3.02. The second-order valence-corrected chi connectivity index (χ2v) is 11.5. The Hall–Kier alpha value is -1.57. The zero-order valence-corrected chi connectivity index (χ0v) is 20.8. The number of H-pyrrole nitrogens is 1. The minimum Gasteiger partial charge on any atom is -0.388 e. The minimum absolute atomic E-state index is 0.0154. The highest BCUT2D eigenvalue weighted by Crippen LogP contribution is 2.59. The second kappa shape index (κ2) is 9.47. The summed E-state index contributed by atoms with van der Waals surface area (Å²) in [6.45, 7) is 6.00. The Morgan fingerprint density at radius 1 is 1.29 bits per heavy atom. The zero-order chi connectivity index (χ0) is 25.6. The fraction of sp³-hybridized carbons (Fsp3) is 0.650. The van der Waals surface area contributed by atoms with Gasteiger partial charge in [0.15, 0.2) is 5.34 Å². The molecule has 2 aromatic rings. The van der Waals surface area contributed by atoms with Gasteiger partial charge >= 0.3 is 7.60 Å². The number of hydrogen-bond donors (Lipinski definition) is 5. The van der Waals surface area contributed by atoms with Crippen LogP contribution in [0.3, 0.4) is 0 Å². The van der Waals surface area contributed by atoms with E-state index in [0.29, 0.717) is 0 Å². The highest BCUT2D eigenvalue weighted by atomic mass is 32.1. The van der Waals surface area contributed by atoms with E-state index in [2.05, 4.69) is 9.97 Å². The topological polar surface area (TPSA) is 167 Å². The Bertz CT molecular complexity index is 1240. The van der Waals surface area contributed by atoms with Gasteiger partial charge in [-0.3, -0.25) is 18.7 Å². The molecule has 7 unspecified atom stereocenters. The molecule has 0 radical (unpaired) electrons. The summed E-state index contributed by atoms with van der Waals surface area (Å²) in [6.07, 6.45) is -2.68. The van der Waals surface area contributed by atoms with Crippen molar-refractivity contribution < 1.29 is 38.4 Å². The van der Waals surface area contributed by atoms with Gasteiger partial charge in [0.2, 0.25) is 11.6 Å². The molecular weight excluding hydrogens is 492 g/mol. The predicted molar refractivity (Wildman–Crippen MR) is 121 cm³/mol. The summed E-state index contributed by atoms with van der Waals surface area (Å²) < 4.78 is 38.9. The van der Waals surface area contributed by atoms with E-state index in [1.807, 2.05) is 0 Å². The number of fused-ring (bicyclic) bond motifs is 1. The van der Waals surface area contributed by atoms with Crippen molar-refractivity contribution in [1.82, 2.24) is 14.4 Å². The van der Waals surface area contributed by atoms with Gasteiger partial charge in [-0.25, -0.2) is 4.98 Å². The fourth-order valence-corrected chi connectivity index (χ4v) is 5.31. The maximum atomic E-state index is 13.7. The molecule has 7 atom stereocenters. The number of aliphatic hydroxyl groups excluding tert-OH is 2. The van der Waals surface area contributed by atoms with Crippen LogP contribution >= 0.6 is 19.8 Å². The van der Waals surface area contributed by atoms with Crippen LogP contribution in [0.5, 0.6) is 0 Å².